The molecule has 9 aromatic rings. The van der Waals surface area contributed by atoms with Crippen LogP contribution in [0, 0.1) is 0 Å². The minimum atomic E-state index is -1.77. The lowest BCUT2D eigenvalue weighted by Gasteiger charge is -2.20. The minimum Gasteiger partial charge on any atom is -0.0654 e. The molecule has 0 nitrogen and oxygen atoms in total. The lowest BCUT2D eigenvalue weighted by atomic mass is 10.1. The van der Waals surface area contributed by atoms with Crippen LogP contribution in [0.3, 0.4) is 0 Å². The van der Waals surface area contributed by atoms with Crippen LogP contribution in [0.1, 0.15) is 115 Å². The van der Waals surface area contributed by atoms with Gasteiger partial charge in [0.1, 0.15) is 47.7 Å². The number of unbranched alkanes of at least 4 members (excludes halogenated alkanes) is 9. The first-order chi connectivity index (χ1) is 38.2. The fraction of sp³-hybridized carbons (Fsp3) is 0.250. The first kappa shape index (κ1) is 61.3. The summed E-state index contributed by atoms with van der Waals surface area (Å²) in [5.41, 5.74) is 4.35. The van der Waals surface area contributed by atoms with Gasteiger partial charge < -0.3 is 0 Å². The summed E-state index contributed by atoms with van der Waals surface area (Å²) in [5.74, 6) is -5.31. The topological polar surface area (TPSA) is 0 Å². The van der Waals surface area contributed by atoms with E-state index in [-0.39, 0.29) is 0 Å². The molecule has 0 saturated heterocycles. The Kier molecular flexibility index (Phi) is 25.8. The summed E-state index contributed by atoms with van der Waals surface area (Å²) >= 11 is 12.7. The van der Waals surface area contributed by atoms with E-state index in [1.807, 2.05) is 0 Å². The predicted octanol–water partition coefficient (Wildman–Crippen LogP) is 19.2. The number of aryl methyl sites for hydroxylation is 3. The molecule has 9 aromatic carbocycles. The molecule has 0 bridgehead atoms. The van der Waals surface area contributed by atoms with Crippen molar-refractivity contribution in [2.75, 3.05) is 0 Å². The Hall–Kier alpha value is -4.29. The molecule has 0 aliphatic rings. The highest BCUT2D eigenvalue weighted by atomic mass is 79.9. The van der Waals surface area contributed by atoms with Crippen molar-refractivity contribution in [3.63, 3.8) is 0 Å². The van der Waals surface area contributed by atoms with Gasteiger partial charge in [-0.15, -0.1) is 0 Å². The van der Waals surface area contributed by atoms with Crippen molar-refractivity contribution in [2.45, 2.75) is 117 Å². The lowest BCUT2D eigenvalue weighted by molar-refractivity contribution is 0.667. The summed E-state index contributed by atoms with van der Waals surface area (Å²) in [6, 6.07) is 93.0. The summed E-state index contributed by atoms with van der Waals surface area (Å²) in [7, 11) is 0. The van der Waals surface area contributed by atoms with E-state index in [0.29, 0.717) is 0 Å². The molecule has 0 saturated carbocycles. The van der Waals surface area contributed by atoms with Gasteiger partial charge in [-0.3, -0.25) is 0 Å². The summed E-state index contributed by atoms with van der Waals surface area (Å²) in [6.45, 7) is 6.80. The third kappa shape index (κ3) is 16.9. The van der Waals surface area contributed by atoms with Crippen molar-refractivity contribution in [1.82, 2.24) is 0 Å². The second-order valence-corrected chi connectivity index (χ2v) is 38.0. The Balaban J connectivity index is 0.000000170. The standard InChI is InChI=1S/3C24H27BrP/c3*1-2-3-4-7-12-21-17-19-24(20-18-21)26(25,22-13-8-5-9-14-22)23-15-10-6-11-16-23/h3*5-6,8-11,13-20H,2-4,7,12H2,1H3/q3*+1. The van der Waals surface area contributed by atoms with E-state index in [4.69, 9.17) is 0 Å². The predicted molar refractivity (Wildman–Crippen MR) is 366 cm³/mol. The lowest BCUT2D eigenvalue weighted by Crippen LogP contribution is -2.26. The number of benzene rings is 9. The average molecular weight is 1280 g/mol. The van der Waals surface area contributed by atoms with Crippen molar-refractivity contribution >= 4 is 112 Å². The van der Waals surface area contributed by atoms with Gasteiger partial charge in [0.15, 0.2) is 64.4 Å². The molecule has 0 heterocycles. The SMILES string of the molecule is CCCCCCc1ccc([P+](Br)(c2ccccc2)c2ccccc2)cc1.CCCCCCc1ccc([P+](Br)(c2ccccc2)c2ccccc2)cc1.CCCCCCc1ccc([P+](Br)(c2ccccc2)c2ccccc2)cc1. The highest BCUT2D eigenvalue weighted by molar-refractivity contribution is 9.45. The Morgan fingerprint density at radius 2 is 0.372 bits per heavy atom. The van der Waals surface area contributed by atoms with Gasteiger partial charge in [-0.2, -0.15) is 0 Å². The van der Waals surface area contributed by atoms with Crippen LogP contribution >= 0.6 is 64.4 Å². The Morgan fingerprint density at radius 3 is 0.538 bits per heavy atom. The summed E-state index contributed by atoms with van der Waals surface area (Å²) in [4.78, 5) is 0. The van der Waals surface area contributed by atoms with Crippen molar-refractivity contribution in [3.8, 4) is 0 Å². The normalized spacial score (nSPS) is 11.5. The molecule has 0 unspecified atom stereocenters. The summed E-state index contributed by atoms with van der Waals surface area (Å²) < 4.78 is 0. The molecular weight excluding hydrogens is 1200 g/mol. The van der Waals surface area contributed by atoms with Crippen LogP contribution in [-0.2, 0) is 19.3 Å². The first-order valence-corrected chi connectivity index (χ1v) is 40.1. The highest BCUT2D eigenvalue weighted by Crippen LogP contribution is 2.64. The Morgan fingerprint density at radius 1 is 0.205 bits per heavy atom. The van der Waals surface area contributed by atoms with Gasteiger partial charge in [0.2, 0.25) is 0 Å². The number of halogens is 3. The summed E-state index contributed by atoms with van der Waals surface area (Å²) in [6.07, 6.45) is 19.3. The van der Waals surface area contributed by atoms with Crippen LogP contribution in [0.25, 0.3) is 0 Å². The smallest absolute Gasteiger partial charge is 0.0654 e. The molecule has 0 spiro atoms. The molecule has 0 radical (unpaired) electrons. The molecule has 0 aromatic heterocycles. The van der Waals surface area contributed by atoms with E-state index >= 15 is 0 Å². The second-order valence-electron chi connectivity index (χ2n) is 20.2. The average Bonchev–Trinajstić information content (AvgIpc) is 3.57. The third-order valence-corrected chi connectivity index (χ3v) is 34.6. The second kappa shape index (κ2) is 32.8. The zero-order valence-corrected chi connectivity index (χ0v) is 53.8. The Bertz CT molecular complexity index is 2560. The van der Waals surface area contributed by atoms with E-state index in [1.54, 1.807) is 0 Å². The molecule has 0 atom stereocenters. The van der Waals surface area contributed by atoms with E-state index in [2.05, 4.69) is 322 Å². The maximum Gasteiger partial charge on any atom is 0.181 e. The molecule has 402 valence electrons. The molecule has 0 fully saturated rings. The number of hydrogen-bond donors (Lipinski definition) is 0. The Labute approximate surface area is 496 Å². The van der Waals surface area contributed by atoms with Crippen LogP contribution < -0.4 is 47.7 Å². The monoisotopic (exact) mass is 1280 g/mol. The molecule has 0 amide bonds. The highest BCUT2D eigenvalue weighted by Gasteiger charge is 2.45. The quantitative estimate of drug-likeness (QED) is 0.0418. The van der Waals surface area contributed by atoms with Crippen molar-refractivity contribution in [2.24, 2.45) is 0 Å². The van der Waals surface area contributed by atoms with Crippen molar-refractivity contribution in [1.29, 1.82) is 0 Å². The van der Waals surface area contributed by atoms with Crippen molar-refractivity contribution < 1.29 is 0 Å². The van der Waals surface area contributed by atoms with Gasteiger partial charge in [-0.1, -0.05) is 224 Å². The molecule has 0 aliphatic heterocycles. The first-order valence-electron chi connectivity index (χ1n) is 28.6. The van der Waals surface area contributed by atoms with Crippen LogP contribution in [-0.4, -0.2) is 0 Å². The van der Waals surface area contributed by atoms with Gasteiger partial charge in [-0.05, 0) is 164 Å². The van der Waals surface area contributed by atoms with Gasteiger partial charge in [0.05, 0.1) is 0 Å². The molecule has 9 rings (SSSR count). The molecule has 78 heavy (non-hydrogen) atoms. The molecule has 0 aliphatic carbocycles. The van der Waals surface area contributed by atoms with Crippen molar-refractivity contribution in [3.05, 3.63) is 271 Å². The van der Waals surface area contributed by atoms with Crippen LogP contribution in [0.2, 0.25) is 0 Å². The third-order valence-electron chi connectivity index (χ3n) is 14.5. The van der Waals surface area contributed by atoms with Crippen LogP contribution in [0.15, 0.2) is 255 Å². The fourth-order valence-electron chi connectivity index (χ4n) is 10.0. The maximum absolute atomic E-state index is 4.22. The summed E-state index contributed by atoms with van der Waals surface area (Å²) in [5, 5.41) is 12.3. The van der Waals surface area contributed by atoms with Crippen LogP contribution in [0.5, 0.6) is 0 Å². The number of rotatable bonds is 24. The largest absolute Gasteiger partial charge is 0.181 e. The fourth-order valence-corrected chi connectivity index (χ4v) is 24.3. The molecule has 6 heteroatoms. The van der Waals surface area contributed by atoms with E-state index in [9.17, 15) is 0 Å². The number of hydrogen-bond acceptors (Lipinski definition) is 0. The van der Waals surface area contributed by atoms with E-state index in [0.717, 1.165) is 0 Å². The van der Waals surface area contributed by atoms with Gasteiger partial charge in [0, 0.05) is 0 Å². The van der Waals surface area contributed by atoms with Gasteiger partial charge in [0.25, 0.3) is 0 Å². The van der Waals surface area contributed by atoms with Gasteiger partial charge in [-0.25, -0.2) is 0 Å². The van der Waals surface area contributed by atoms with Crippen LogP contribution in [0.4, 0.5) is 0 Å². The zero-order chi connectivity index (χ0) is 54.7. The maximum atomic E-state index is 4.22. The molecule has 0 N–H and O–H groups in total. The van der Waals surface area contributed by atoms with Gasteiger partial charge >= 0.3 is 0 Å². The zero-order valence-electron chi connectivity index (χ0n) is 46.3. The molecular formula is C72H81Br3P3+3. The van der Waals surface area contributed by atoms with E-state index in [1.165, 1.54) is 161 Å². The van der Waals surface area contributed by atoms with E-state index < -0.39 is 17.9 Å². The minimum absolute atomic E-state index is 1.19.